The van der Waals surface area contributed by atoms with E-state index in [0.29, 0.717) is 22.3 Å². The summed E-state index contributed by atoms with van der Waals surface area (Å²) in [5.41, 5.74) is 3.00. The maximum atomic E-state index is 12.7. The van der Waals surface area contributed by atoms with Gasteiger partial charge in [0, 0.05) is 28.5 Å². The van der Waals surface area contributed by atoms with E-state index in [-0.39, 0.29) is 16.5 Å². The summed E-state index contributed by atoms with van der Waals surface area (Å²) in [4.78, 5) is 28.7. The zero-order valence-corrected chi connectivity index (χ0v) is 16.7. The number of fused-ring (bicyclic) bond motifs is 1. The van der Waals surface area contributed by atoms with E-state index in [0.717, 1.165) is 21.9 Å². The highest BCUT2D eigenvalue weighted by molar-refractivity contribution is 7.98. The zero-order valence-electron chi connectivity index (χ0n) is 15.1. The minimum atomic E-state index is -1.13. The van der Waals surface area contributed by atoms with E-state index in [1.807, 2.05) is 24.2 Å². The minimum Gasteiger partial charge on any atom is -0.478 e. The predicted octanol–water partition coefficient (Wildman–Crippen LogP) is 4.20. The molecule has 1 aromatic heterocycles. The number of carboxylic acid groups (broad SMARTS) is 1. The Morgan fingerprint density at radius 3 is 2.66 bits per heavy atom. The molecule has 3 N–H and O–H groups in total. The molecule has 0 spiro atoms. The third-order valence-electron chi connectivity index (χ3n) is 4.43. The van der Waals surface area contributed by atoms with Crippen molar-refractivity contribution in [2.24, 2.45) is 0 Å². The fourth-order valence-electron chi connectivity index (χ4n) is 2.95. The number of hydrazine groups is 1. The largest absolute Gasteiger partial charge is 0.478 e. The van der Waals surface area contributed by atoms with Crippen LogP contribution in [0.5, 0.6) is 0 Å². The highest BCUT2D eigenvalue weighted by Gasteiger charge is 2.23. The Morgan fingerprint density at radius 1 is 1.21 bits per heavy atom. The summed E-state index contributed by atoms with van der Waals surface area (Å²) in [6, 6.07) is 14.0. The number of amides is 1. The molecule has 9 heteroatoms. The summed E-state index contributed by atoms with van der Waals surface area (Å²) < 4.78 is 0. The number of carboxylic acids is 1. The van der Waals surface area contributed by atoms with Crippen molar-refractivity contribution < 1.29 is 14.7 Å². The zero-order chi connectivity index (χ0) is 20.5. The number of aromatic carboxylic acids is 1. The molecule has 0 bridgehead atoms. The van der Waals surface area contributed by atoms with Gasteiger partial charge in [-0.1, -0.05) is 12.1 Å². The fraction of sp³-hybridized carbons (Fsp3) is 0.0500. The summed E-state index contributed by atoms with van der Waals surface area (Å²) in [6.45, 7) is 0. The Labute approximate surface area is 174 Å². The first-order chi connectivity index (χ1) is 14.0. The molecule has 1 aliphatic rings. The van der Waals surface area contributed by atoms with Gasteiger partial charge in [0.05, 0.1) is 17.3 Å². The number of carbonyl (C=O) groups excluding carboxylic acids is 1. The number of anilines is 2. The van der Waals surface area contributed by atoms with Crippen molar-refractivity contribution in [2.45, 2.75) is 4.90 Å². The lowest BCUT2D eigenvalue weighted by atomic mass is 10.0. The van der Waals surface area contributed by atoms with Crippen molar-refractivity contribution in [1.29, 1.82) is 5.26 Å². The Balaban J connectivity index is 1.65. The number of hydrogen-bond acceptors (Lipinski definition) is 7. The van der Waals surface area contributed by atoms with Gasteiger partial charge in [-0.25, -0.2) is 4.79 Å². The van der Waals surface area contributed by atoms with Crippen molar-refractivity contribution in [2.75, 3.05) is 17.4 Å². The molecule has 4 rings (SSSR count). The molecule has 0 radical (unpaired) electrons. The van der Waals surface area contributed by atoms with Crippen molar-refractivity contribution >= 4 is 45.8 Å². The lowest BCUT2D eigenvalue weighted by Gasteiger charge is -2.11. The van der Waals surface area contributed by atoms with Crippen LogP contribution in [0.2, 0.25) is 0 Å². The van der Waals surface area contributed by atoms with Crippen LogP contribution in [-0.4, -0.2) is 24.0 Å². The van der Waals surface area contributed by atoms with Crippen LogP contribution < -0.4 is 15.2 Å². The molecule has 0 atom stereocenters. The van der Waals surface area contributed by atoms with Gasteiger partial charge in [0.2, 0.25) is 0 Å². The van der Waals surface area contributed by atoms with Crippen molar-refractivity contribution in [3.63, 3.8) is 0 Å². The quantitative estimate of drug-likeness (QED) is 0.541. The topological polar surface area (TPSA) is 105 Å². The summed E-state index contributed by atoms with van der Waals surface area (Å²) in [5.74, 6) is -1.51. The van der Waals surface area contributed by atoms with Gasteiger partial charge in [-0.2, -0.15) is 10.1 Å². The van der Waals surface area contributed by atoms with E-state index in [1.165, 1.54) is 11.9 Å². The van der Waals surface area contributed by atoms with Crippen LogP contribution in [0.3, 0.4) is 0 Å². The molecule has 0 saturated heterocycles. The molecule has 1 aliphatic heterocycles. The van der Waals surface area contributed by atoms with Crippen molar-refractivity contribution in [3.8, 4) is 17.2 Å². The number of nitrogens with one attached hydrogen (secondary N) is 2. The standard InChI is InChI=1S/C20H14N4O3S2/c1-24-15-8-13(6-7-16(15)29-23-24)18(25)22-19-17(20(26)27)14(10-28-19)12-4-2-11(9-21)3-5-12/h2-8,10,23H,1H3,(H,22,25)(H,26,27). The third kappa shape index (κ3) is 3.56. The van der Waals surface area contributed by atoms with Crippen LogP contribution in [0.1, 0.15) is 26.3 Å². The molecule has 0 unspecified atom stereocenters. The van der Waals surface area contributed by atoms with Gasteiger partial charge in [-0.3, -0.25) is 4.79 Å². The number of nitrogens with zero attached hydrogens (tertiary/aromatic N) is 2. The van der Waals surface area contributed by atoms with Crippen LogP contribution in [-0.2, 0) is 0 Å². The molecule has 0 fully saturated rings. The number of hydrogen-bond donors (Lipinski definition) is 3. The van der Waals surface area contributed by atoms with E-state index in [9.17, 15) is 14.7 Å². The maximum absolute atomic E-state index is 12.7. The van der Waals surface area contributed by atoms with E-state index >= 15 is 0 Å². The lowest BCUT2D eigenvalue weighted by molar-refractivity contribution is 0.0699. The Hall–Kier alpha value is -3.32. The average molecular weight is 422 g/mol. The first-order valence-electron chi connectivity index (χ1n) is 8.45. The molecule has 2 heterocycles. The normalized spacial score (nSPS) is 12.3. The smallest absolute Gasteiger partial charge is 0.339 e. The maximum Gasteiger partial charge on any atom is 0.339 e. The summed E-state index contributed by atoms with van der Waals surface area (Å²) in [7, 11) is 1.85. The van der Waals surface area contributed by atoms with Gasteiger partial charge >= 0.3 is 5.97 Å². The molecule has 0 saturated carbocycles. The Bertz CT molecular complexity index is 1170. The van der Waals surface area contributed by atoms with Gasteiger partial charge in [0.1, 0.15) is 10.6 Å². The van der Waals surface area contributed by atoms with Gasteiger partial charge in [0.15, 0.2) is 0 Å². The van der Waals surface area contributed by atoms with E-state index < -0.39 is 5.97 Å². The number of benzene rings is 2. The first kappa shape index (κ1) is 19.0. The molecule has 1 amide bonds. The second-order valence-corrected chi connectivity index (χ2v) is 7.94. The molecular formula is C20H14N4O3S2. The molecule has 0 aliphatic carbocycles. The van der Waals surface area contributed by atoms with Gasteiger partial charge in [-0.05, 0) is 47.8 Å². The monoisotopic (exact) mass is 422 g/mol. The van der Waals surface area contributed by atoms with Gasteiger partial charge in [-0.15, -0.1) is 11.3 Å². The van der Waals surface area contributed by atoms with Crippen LogP contribution in [0.25, 0.3) is 11.1 Å². The Kier molecular flexibility index (Phi) is 4.98. The number of nitriles is 1. The molecule has 2 aromatic carbocycles. The molecule has 29 heavy (non-hydrogen) atoms. The van der Waals surface area contributed by atoms with Crippen LogP contribution >= 0.6 is 23.3 Å². The van der Waals surface area contributed by atoms with Gasteiger partial charge < -0.3 is 15.4 Å². The molecule has 7 nitrogen and oxygen atoms in total. The highest BCUT2D eigenvalue weighted by atomic mass is 32.2. The van der Waals surface area contributed by atoms with Crippen LogP contribution in [0.15, 0.2) is 52.7 Å². The average Bonchev–Trinajstić information content (AvgIpc) is 3.31. The van der Waals surface area contributed by atoms with Crippen LogP contribution in [0, 0.1) is 11.3 Å². The first-order valence-corrected chi connectivity index (χ1v) is 10.1. The SMILES string of the molecule is CN1NSc2ccc(C(=O)Nc3scc(-c4ccc(C#N)cc4)c3C(=O)O)cc21. The van der Waals surface area contributed by atoms with Crippen molar-refractivity contribution in [3.05, 3.63) is 64.5 Å². The number of carbonyl (C=O) groups is 2. The highest BCUT2D eigenvalue weighted by Crippen LogP contribution is 2.37. The van der Waals surface area contributed by atoms with E-state index in [1.54, 1.807) is 41.8 Å². The second-order valence-electron chi connectivity index (χ2n) is 6.24. The molecular weight excluding hydrogens is 408 g/mol. The summed E-state index contributed by atoms with van der Waals surface area (Å²) in [6.07, 6.45) is 0. The van der Waals surface area contributed by atoms with Crippen LogP contribution in [0.4, 0.5) is 10.7 Å². The van der Waals surface area contributed by atoms with E-state index in [2.05, 4.69) is 10.1 Å². The van der Waals surface area contributed by atoms with Gasteiger partial charge in [0.25, 0.3) is 5.91 Å². The van der Waals surface area contributed by atoms with E-state index in [4.69, 9.17) is 5.26 Å². The molecule has 144 valence electrons. The third-order valence-corrected chi connectivity index (χ3v) is 6.26. The summed E-state index contributed by atoms with van der Waals surface area (Å²) >= 11 is 2.61. The minimum absolute atomic E-state index is 0.0311. The fourth-order valence-corrected chi connectivity index (χ4v) is 4.67. The number of rotatable bonds is 4. The van der Waals surface area contributed by atoms with Crippen molar-refractivity contribution in [1.82, 2.24) is 4.83 Å². The number of thiophene rings is 1. The second kappa shape index (κ2) is 7.60. The predicted molar refractivity (Wildman–Crippen MR) is 113 cm³/mol. The summed E-state index contributed by atoms with van der Waals surface area (Å²) in [5, 5.41) is 25.2. The Morgan fingerprint density at radius 2 is 1.97 bits per heavy atom. The lowest BCUT2D eigenvalue weighted by Crippen LogP contribution is -2.23. The molecule has 3 aromatic rings.